The molecule has 0 saturated carbocycles. The van der Waals surface area contributed by atoms with Crippen molar-refractivity contribution in [3.63, 3.8) is 0 Å². The molecule has 2 rings (SSSR count). The van der Waals surface area contributed by atoms with Crippen LogP contribution in [-0.4, -0.2) is 16.3 Å². The Bertz CT molecular complexity index is 632. The van der Waals surface area contributed by atoms with Gasteiger partial charge in [-0.15, -0.1) is 0 Å². The molecule has 0 unspecified atom stereocenters. The molecule has 102 valence electrons. The first-order valence-corrected chi connectivity index (χ1v) is 6.78. The molecule has 1 aromatic carbocycles. The highest BCUT2D eigenvalue weighted by Crippen LogP contribution is 2.25. The van der Waals surface area contributed by atoms with E-state index in [0.29, 0.717) is 20.8 Å². The molecule has 0 saturated heterocycles. The van der Waals surface area contributed by atoms with Crippen LogP contribution in [0.4, 0.5) is 5.69 Å². The first kappa shape index (κ1) is 14.7. The van der Waals surface area contributed by atoms with Gasteiger partial charge in [-0.2, -0.15) is 5.10 Å². The van der Waals surface area contributed by atoms with E-state index in [2.05, 4.69) is 20.8 Å². The zero-order valence-corrected chi connectivity index (χ0v) is 12.5. The summed E-state index contributed by atoms with van der Waals surface area (Å²) in [7, 11) is 0. The zero-order valence-electron chi connectivity index (χ0n) is 10.2. The van der Waals surface area contributed by atoms with E-state index in [-0.39, 0.29) is 0 Å². The molecule has 4 nitrogen and oxygen atoms in total. The van der Waals surface area contributed by atoms with E-state index in [0.717, 1.165) is 5.69 Å². The number of halogens is 2. The summed E-state index contributed by atoms with van der Waals surface area (Å²) < 4.78 is 0. The quantitative estimate of drug-likeness (QED) is 0.513. The Morgan fingerprint density at radius 1 is 1.25 bits per heavy atom. The van der Waals surface area contributed by atoms with Crippen LogP contribution in [0.1, 0.15) is 5.69 Å². The Balaban J connectivity index is 1.93. The number of hydrogen-bond donors (Lipinski definition) is 2. The molecule has 2 aromatic rings. The number of aromatic nitrogens is 1. The van der Waals surface area contributed by atoms with Crippen molar-refractivity contribution < 1.29 is 0 Å². The Hall–Kier alpha value is -1.69. The van der Waals surface area contributed by atoms with Crippen LogP contribution < -0.4 is 10.7 Å². The highest BCUT2D eigenvalue weighted by molar-refractivity contribution is 7.80. The molecule has 0 atom stereocenters. The van der Waals surface area contributed by atoms with Crippen molar-refractivity contribution in [3.8, 4) is 0 Å². The number of hydrazone groups is 1. The average molecular weight is 325 g/mol. The summed E-state index contributed by atoms with van der Waals surface area (Å²) in [6.07, 6.45) is 3.25. The number of nitrogens with zero attached hydrogens (tertiary/aromatic N) is 2. The van der Waals surface area contributed by atoms with Gasteiger partial charge < -0.3 is 5.32 Å². The number of thiocarbonyl (C=S) groups is 1. The van der Waals surface area contributed by atoms with E-state index >= 15 is 0 Å². The van der Waals surface area contributed by atoms with Gasteiger partial charge in [0.1, 0.15) is 0 Å². The lowest BCUT2D eigenvalue weighted by Crippen LogP contribution is -2.24. The van der Waals surface area contributed by atoms with E-state index in [4.69, 9.17) is 35.4 Å². The SMILES string of the molecule is S=C(N/N=C/c1ccccn1)Nc1cc(Cl)ccc1Cl. The number of benzene rings is 1. The predicted molar refractivity (Wildman–Crippen MR) is 87.6 cm³/mol. The molecule has 1 heterocycles. The van der Waals surface area contributed by atoms with Crippen LogP contribution in [0.2, 0.25) is 10.0 Å². The smallest absolute Gasteiger partial charge is 0.191 e. The van der Waals surface area contributed by atoms with Gasteiger partial charge in [-0.3, -0.25) is 10.4 Å². The summed E-state index contributed by atoms with van der Waals surface area (Å²) in [5.74, 6) is 0. The number of anilines is 1. The third kappa shape index (κ3) is 4.45. The van der Waals surface area contributed by atoms with Gasteiger partial charge >= 0.3 is 0 Å². The van der Waals surface area contributed by atoms with Crippen molar-refractivity contribution in [2.45, 2.75) is 0 Å². The highest BCUT2D eigenvalue weighted by Gasteiger charge is 2.02. The van der Waals surface area contributed by atoms with E-state index < -0.39 is 0 Å². The minimum atomic E-state index is 0.307. The second kappa shape index (κ2) is 7.19. The van der Waals surface area contributed by atoms with Gasteiger partial charge in [0.15, 0.2) is 5.11 Å². The van der Waals surface area contributed by atoms with Crippen molar-refractivity contribution >= 4 is 52.4 Å². The molecule has 0 aliphatic heterocycles. The zero-order chi connectivity index (χ0) is 14.4. The number of nitrogens with one attached hydrogen (secondary N) is 2. The summed E-state index contributed by atoms with van der Waals surface area (Å²) in [5, 5.41) is 8.27. The van der Waals surface area contributed by atoms with Crippen molar-refractivity contribution in [3.05, 3.63) is 58.3 Å². The molecule has 1 aromatic heterocycles. The number of rotatable bonds is 3. The molecule has 7 heteroatoms. The fraction of sp³-hybridized carbons (Fsp3) is 0. The summed E-state index contributed by atoms with van der Waals surface area (Å²) >= 11 is 17.0. The van der Waals surface area contributed by atoms with E-state index in [1.54, 1.807) is 30.6 Å². The molecule has 0 aliphatic carbocycles. The lowest BCUT2D eigenvalue weighted by Gasteiger charge is -2.08. The average Bonchev–Trinajstić information content (AvgIpc) is 2.44. The molecule has 2 N–H and O–H groups in total. The third-order valence-electron chi connectivity index (χ3n) is 2.23. The predicted octanol–water partition coefficient (Wildman–Crippen LogP) is 3.71. The molecule has 0 fully saturated rings. The highest BCUT2D eigenvalue weighted by atomic mass is 35.5. The van der Waals surface area contributed by atoms with Gasteiger partial charge in [0, 0.05) is 11.2 Å². The minimum Gasteiger partial charge on any atom is -0.330 e. The number of hydrogen-bond acceptors (Lipinski definition) is 3. The van der Waals surface area contributed by atoms with Gasteiger partial charge in [0.05, 0.1) is 22.6 Å². The number of pyridine rings is 1. The second-order valence-corrected chi connectivity index (χ2v) is 4.95. The van der Waals surface area contributed by atoms with E-state index in [9.17, 15) is 0 Å². The van der Waals surface area contributed by atoms with Gasteiger partial charge in [0.25, 0.3) is 0 Å². The molecule has 0 radical (unpaired) electrons. The van der Waals surface area contributed by atoms with Crippen molar-refractivity contribution in [2.75, 3.05) is 5.32 Å². The third-order valence-corrected chi connectivity index (χ3v) is 2.99. The first-order chi connectivity index (χ1) is 9.65. The minimum absolute atomic E-state index is 0.307. The summed E-state index contributed by atoms with van der Waals surface area (Å²) in [4.78, 5) is 4.09. The largest absolute Gasteiger partial charge is 0.330 e. The van der Waals surface area contributed by atoms with Crippen LogP contribution in [0.3, 0.4) is 0 Å². The molecular formula is C13H10Cl2N4S. The molecule has 0 amide bonds. The van der Waals surface area contributed by atoms with Crippen LogP contribution in [0, 0.1) is 0 Å². The Morgan fingerprint density at radius 2 is 2.10 bits per heavy atom. The van der Waals surface area contributed by atoms with Gasteiger partial charge in [0.2, 0.25) is 0 Å². The maximum atomic E-state index is 6.01. The fourth-order valence-electron chi connectivity index (χ4n) is 1.35. The van der Waals surface area contributed by atoms with Gasteiger partial charge in [-0.1, -0.05) is 29.3 Å². The van der Waals surface area contributed by atoms with E-state index in [1.165, 1.54) is 0 Å². The van der Waals surface area contributed by atoms with Crippen LogP contribution in [0.5, 0.6) is 0 Å². The van der Waals surface area contributed by atoms with Crippen molar-refractivity contribution in [2.24, 2.45) is 5.10 Å². The summed E-state index contributed by atoms with van der Waals surface area (Å²) in [6, 6.07) is 10.6. The van der Waals surface area contributed by atoms with Crippen molar-refractivity contribution in [1.82, 2.24) is 10.4 Å². The lowest BCUT2D eigenvalue weighted by atomic mass is 10.3. The van der Waals surface area contributed by atoms with Gasteiger partial charge in [-0.25, -0.2) is 0 Å². The van der Waals surface area contributed by atoms with E-state index in [1.807, 2.05) is 18.2 Å². The normalized spacial score (nSPS) is 10.5. The maximum absolute atomic E-state index is 6.01. The molecule has 0 aliphatic rings. The fourth-order valence-corrected chi connectivity index (χ4v) is 1.85. The molecule has 0 spiro atoms. The summed E-state index contributed by atoms with van der Waals surface area (Å²) in [5.41, 5.74) is 4.02. The second-order valence-electron chi connectivity index (χ2n) is 3.70. The first-order valence-electron chi connectivity index (χ1n) is 5.61. The van der Waals surface area contributed by atoms with Crippen LogP contribution in [0.25, 0.3) is 0 Å². The monoisotopic (exact) mass is 324 g/mol. The molecule has 0 bridgehead atoms. The van der Waals surface area contributed by atoms with Crippen LogP contribution in [-0.2, 0) is 0 Å². The maximum Gasteiger partial charge on any atom is 0.191 e. The Labute approximate surface area is 131 Å². The molecular weight excluding hydrogens is 315 g/mol. The Kier molecular flexibility index (Phi) is 5.29. The standard InChI is InChI=1S/C13H10Cl2N4S/c14-9-4-5-11(15)12(7-9)18-13(20)19-17-8-10-3-1-2-6-16-10/h1-8H,(H2,18,19,20)/b17-8+. The van der Waals surface area contributed by atoms with Crippen LogP contribution >= 0.6 is 35.4 Å². The Morgan fingerprint density at radius 3 is 2.85 bits per heavy atom. The van der Waals surface area contributed by atoms with Crippen molar-refractivity contribution in [1.29, 1.82) is 0 Å². The van der Waals surface area contributed by atoms with Crippen LogP contribution in [0.15, 0.2) is 47.7 Å². The molecule has 20 heavy (non-hydrogen) atoms. The summed E-state index contributed by atoms with van der Waals surface area (Å²) in [6.45, 7) is 0. The topological polar surface area (TPSA) is 49.3 Å². The lowest BCUT2D eigenvalue weighted by molar-refractivity contribution is 1.05. The van der Waals surface area contributed by atoms with Gasteiger partial charge in [-0.05, 0) is 42.5 Å².